The summed E-state index contributed by atoms with van der Waals surface area (Å²) in [6.45, 7) is 4.10. The van der Waals surface area contributed by atoms with Crippen molar-refractivity contribution in [2.75, 3.05) is 13.1 Å². The molecule has 1 aliphatic heterocycles. The second kappa shape index (κ2) is 5.15. The Hall–Kier alpha value is -0.610. The van der Waals surface area contributed by atoms with Crippen molar-refractivity contribution in [3.63, 3.8) is 0 Å². The topological polar surface area (TPSA) is 58.6 Å². The van der Waals surface area contributed by atoms with E-state index in [4.69, 9.17) is 9.84 Å². The van der Waals surface area contributed by atoms with Crippen LogP contribution in [0.5, 0.6) is 0 Å². The van der Waals surface area contributed by atoms with E-state index in [1.165, 1.54) is 12.8 Å². The minimum atomic E-state index is -0.825. The summed E-state index contributed by atoms with van der Waals surface area (Å²) in [6.07, 6.45) is 3.79. The number of nitrogens with one attached hydrogen (secondary N) is 1. The van der Waals surface area contributed by atoms with Crippen LogP contribution in [0.2, 0.25) is 0 Å². The normalized spacial score (nSPS) is 31.6. The molecular weight excluding hydrogens is 206 g/mol. The lowest BCUT2D eigenvalue weighted by atomic mass is 10.1. The minimum absolute atomic E-state index is 0.0903. The molecule has 1 aliphatic carbocycles. The van der Waals surface area contributed by atoms with Crippen LogP contribution >= 0.6 is 0 Å². The van der Waals surface area contributed by atoms with Crippen molar-refractivity contribution in [1.82, 2.24) is 5.32 Å². The highest BCUT2D eigenvalue weighted by Crippen LogP contribution is 2.36. The van der Waals surface area contributed by atoms with Crippen molar-refractivity contribution in [1.29, 1.82) is 0 Å². The van der Waals surface area contributed by atoms with Crippen LogP contribution in [-0.2, 0) is 9.53 Å². The van der Waals surface area contributed by atoms with Gasteiger partial charge in [0.05, 0.1) is 6.10 Å². The molecule has 3 unspecified atom stereocenters. The Labute approximate surface area is 96.4 Å². The second-order valence-corrected chi connectivity index (χ2v) is 5.14. The molecule has 1 saturated carbocycles. The van der Waals surface area contributed by atoms with E-state index in [1.807, 2.05) is 0 Å². The van der Waals surface area contributed by atoms with E-state index in [2.05, 4.69) is 12.2 Å². The lowest BCUT2D eigenvalue weighted by Crippen LogP contribution is -2.32. The van der Waals surface area contributed by atoms with Gasteiger partial charge < -0.3 is 15.2 Å². The first-order chi connectivity index (χ1) is 7.66. The fourth-order valence-corrected chi connectivity index (χ4v) is 2.34. The van der Waals surface area contributed by atoms with E-state index in [0.717, 1.165) is 31.3 Å². The van der Waals surface area contributed by atoms with Gasteiger partial charge in [-0.2, -0.15) is 0 Å². The van der Waals surface area contributed by atoms with Gasteiger partial charge >= 0.3 is 5.97 Å². The molecule has 1 saturated heterocycles. The molecule has 0 spiro atoms. The third kappa shape index (κ3) is 3.19. The number of hydrogen-bond acceptors (Lipinski definition) is 3. The summed E-state index contributed by atoms with van der Waals surface area (Å²) in [6, 6.07) is 0. The zero-order valence-corrected chi connectivity index (χ0v) is 9.82. The van der Waals surface area contributed by atoms with E-state index in [1.54, 1.807) is 0 Å². The fourth-order valence-electron chi connectivity index (χ4n) is 2.34. The highest BCUT2D eigenvalue weighted by atomic mass is 16.5. The Morgan fingerprint density at radius 2 is 2.19 bits per heavy atom. The lowest BCUT2D eigenvalue weighted by Gasteiger charge is -2.15. The summed E-state index contributed by atoms with van der Waals surface area (Å²) in [5, 5.41) is 12.2. The molecule has 2 rings (SSSR count). The summed E-state index contributed by atoms with van der Waals surface area (Å²) in [4.78, 5) is 10.7. The number of ether oxygens (including phenoxy) is 1. The second-order valence-electron chi connectivity index (χ2n) is 5.14. The van der Waals surface area contributed by atoms with Gasteiger partial charge in [0.15, 0.2) is 6.10 Å². The summed E-state index contributed by atoms with van der Waals surface area (Å²) in [5.74, 6) is 0.842. The standard InChI is InChI=1S/C12H21NO3/c1-8(9-2-3-9)6-13-7-10-4-5-11(16-10)12(14)15/h8-11,13H,2-7H2,1H3,(H,14,15). The Balaban J connectivity index is 1.58. The van der Waals surface area contributed by atoms with Crippen LogP contribution in [0, 0.1) is 11.8 Å². The van der Waals surface area contributed by atoms with Crippen molar-refractivity contribution in [3.05, 3.63) is 0 Å². The maximum Gasteiger partial charge on any atom is 0.332 e. The van der Waals surface area contributed by atoms with Crippen LogP contribution in [0.15, 0.2) is 0 Å². The summed E-state index contributed by atoms with van der Waals surface area (Å²) in [5.41, 5.74) is 0. The Morgan fingerprint density at radius 1 is 1.44 bits per heavy atom. The fraction of sp³-hybridized carbons (Fsp3) is 0.917. The van der Waals surface area contributed by atoms with E-state index < -0.39 is 12.1 Å². The maximum absolute atomic E-state index is 10.7. The first kappa shape index (κ1) is 11.9. The number of carboxylic acids is 1. The van der Waals surface area contributed by atoms with Crippen molar-refractivity contribution in [3.8, 4) is 0 Å². The number of hydrogen-bond donors (Lipinski definition) is 2. The molecule has 0 aromatic carbocycles. The molecule has 3 atom stereocenters. The van der Waals surface area contributed by atoms with Gasteiger partial charge in [-0.1, -0.05) is 6.92 Å². The molecule has 0 aromatic rings. The summed E-state index contributed by atoms with van der Waals surface area (Å²) >= 11 is 0. The third-order valence-corrected chi connectivity index (χ3v) is 3.65. The van der Waals surface area contributed by atoms with E-state index in [-0.39, 0.29) is 6.10 Å². The third-order valence-electron chi connectivity index (χ3n) is 3.65. The van der Waals surface area contributed by atoms with Gasteiger partial charge in [-0.05, 0) is 44.1 Å². The average Bonchev–Trinajstić information content (AvgIpc) is 2.98. The number of carbonyl (C=O) groups is 1. The quantitative estimate of drug-likeness (QED) is 0.717. The summed E-state index contributed by atoms with van der Waals surface area (Å²) in [7, 11) is 0. The molecule has 0 aromatic heterocycles. The van der Waals surface area contributed by atoms with Gasteiger partial charge in [0.2, 0.25) is 0 Å². The van der Waals surface area contributed by atoms with Gasteiger partial charge in [0, 0.05) is 6.54 Å². The molecular formula is C12H21NO3. The van der Waals surface area contributed by atoms with Gasteiger partial charge in [0.25, 0.3) is 0 Å². The lowest BCUT2D eigenvalue weighted by molar-refractivity contribution is -0.149. The van der Waals surface area contributed by atoms with Crippen molar-refractivity contribution >= 4 is 5.97 Å². The highest BCUT2D eigenvalue weighted by Gasteiger charge is 2.31. The Kier molecular flexibility index (Phi) is 3.82. The number of aliphatic carboxylic acids is 1. The van der Waals surface area contributed by atoms with Crippen molar-refractivity contribution < 1.29 is 14.6 Å². The largest absolute Gasteiger partial charge is 0.479 e. The van der Waals surface area contributed by atoms with Gasteiger partial charge in [0.1, 0.15) is 0 Å². The van der Waals surface area contributed by atoms with Crippen LogP contribution < -0.4 is 5.32 Å². The molecule has 1 heterocycles. The van der Waals surface area contributed by atoms with Crippen LogP contribution in [0.3, 0.4) is 0 Å². The van der Waals surface area contributed by atoms with E-state index in [9.17, 15) is 4.79 Å². The van der Waals surface area contributed by atoms with E-state index >= 15 is 0 Å². The van der Waals surface area contributed by atoms with Crippen LogP contribution in [0.4, 0.5) is 0 Å². The molecule has 4 heteroatoms. The maximum atomic E-state index is 10.7. The monoisotopic (exact) mass is 227 g/mol. The molecule has 0 bridgehead atoms. The Morgan fingerprint density at radius 3 is 2.75 bits per heavy atom. The van der Waals surface area contributed by atoms with Gasteiger partial charge in [-0.25, -0.2) is 4.79 Å². The van der Waals surface area contributed by atoms with Crippen LogP contribution in [-0.4, -0.2) is 36.4 Å². The molecule has 92 valence electrons. The minimum Gasteiger partial charge on any atom is -0.479 e. The zero-order valence-electron chi connectivity index (χ0n) is 9.82. The average molecular weight is 227 g/mol. The summed E-state index contributed by atoms with van der Waals surface area (Å²) < 4.78 is 5.42. The number of rotatable bonds is 6. The molecule has 16 heavy (non-hydrogen) atoms. The highest BCUT2D eigenvalue weighted by molar-refractivity contribution is 5.72. The first-order valence-corrected chi connectivity index (χ1v) is 6.26. The first-order valence-electron chi connectivity index (χ1n) is 6.26. The number of carboxylic acid groups (broad SMARTS) is 1. The van der Waals surface area contributed by atoms with Crippen molar-refractivity contribution in [2.24, 2.45) is 11.8 Å². The van der Waals surface area contributed by atoms with Crippen LogP contribution in [0.1, 0.15) is 32.6 Å². The van der Waals surface area contributed by atoms with E-state index in [0.29, 0.717) is 6.42 Å². The van der Waals surface area contributed by atoms with Crippen LogP contribution in [0.25, 0.3) is 0 Å². The zero-order chi connectivity index (χ0) is 11.5. The molecule has 0 radical (unpaired) electrons. The molecule has 2 aliphatic rings. The predicted molar refractivity (Wildman–Crippen MR) is 60.3 cm³/mol. The smallest absolute Gasteiger partial charge is 0.332 e. The molecule has 0 amide bonds. The van der Waals surface area contributed by atoms with Gasteiger partial charge in [-0.15, -0.1) is 0 Å². The Bertz CT molecular complexity index is 253. The SMILES string of the molecule is CC(CNCC1CCC(C(=O)O)O1)C1CC1. The molecule has 2 N–H and O–H groups in total. The van der Waals surface area contributed by atoms with Gasteiger partial charge in [-0.3, -0.25) is 0 Å². The van der Waals surface area contributed by atoms with Crippen molar-refractivity contribution in [2.45, 2.75) is 44.8 Å². The molecule has 4 nitrogen and oxygen atoms in total. The predicted octanol–water partition coefficient (Wildman–Crippen LogP) is 1.25. The molecule has 2 fully saturated rings.